The highest BCUT2D eigenvalue weighted by atomic mass is 32.1. The van der Waals surface area contributed by atoms with Gasteiger partial charge in [0.1, 0.15) is 0 Å². The van der Waals surface area contributed by atoms with Crippen molar-refractivity contribution >= 4 is 17.1 Å². The van der Waals surface area contributed by atoms with Crippen molar-refractivity contribution in [3.63, 3.8) is 0 Å². The van der Waals surface area contributed by atoms with E-state index in [1.807, 2.05) is 7.05 Å². The number of nitrogens with one attached hydrogen (secondary N) is 1. The molecule has 7 heteroatoms. The molecule has 0 aliphatic heterocycles. The fraction of sp³-hybridized carbons (Fsp3) is 0.692. The molecule has 0 radical (unpaired) electrons. The van der Waals surface area contributed by atoms with Gasteiger partial charge in [0.25, 0.3) is 0 Å². The smallest absolute Gasteiger partial charge is 0.314 e. The van der Waals surface area contributed by atoms with E-state index in [-0.39, 0.29) is 22.6 Å². The minimum Gasteiger partial charge on any atom is -0.314 e. The molecule has 0 unspecified atom stereocenters. The van der Waals surface area contributed by atoms with Gasteiger partial charge in [0.05, 0.1) is 4.88 Å². The van der Waals surface area contributed by atoms with Crippen molar-refractivity contribution in [2.75, 3.05) is 7.05 Å². The maximum Gasteiger partial charge on any atom is 0.443 e. The summed E-state index contributed by atoms with van der Waals surface area (Å²) in [6, 6.07) is 0. The van der Waals surface area contributed by atoms with Gasteiger partial charge in [0.2, 0.25) is 0 Å². The van der Waals surface area contributed by atoms with Crippen LogP contribution in [-0.4, -0.2) is 23.4 Å². The Kier molecular flexibility index (Phi) is 4.49. The van der Waals surface area contributed by atoms with Gasteiger partial charge in [-0.2, -0.15) is 13.2 Å². The molecular weight excluding hydrogens is 289 g/mol. The highest BCUT2D eigenvalue weighted by molar-refractivity contribution is 7.13. The van der Waals surface area contributed by atoms with Gasteiger partial charge in [0.15, 0.2) is 10.8 Å². The number of alkyl halides is 3. The number of ketones is 1. The summed E-state index contributed by atoms with van der Waals surface area (Å²) in [4.78, 5) is 15.6. The molecule has 1 fully saturated rings. The maximum absolute atomic E-state index is 12.5. The molecule has 1 aliphatic carbocycles. The fourth-order valence-corrected chi connectivity index (χ4v) is 3.39. The zero-order valence-electron chi connectivity index (χ0n) is 11.2. The molecule has 3 nitrogen and oxygen atoms in total. The largest absolute Gasteiger partial charge is 0.443 e. The van der Waals surface area contributed by atoms with Gasteiger partial charge in [-0.15, -0.1) is 11.3 Å². The molecule has 0 aromatic carbocycles. The van der Waals surface area contributed by atoms with Gasteiger partial charge in [0, 0.05) is 18.2 Å². The SMILES string of the molecule is CNC1(CC(=O)c2cnc(C(F)(F)F)s2)CCCCC1. The van der Waals surface area contributed by atoms with Crippen LogP contribution in [0.5, 0.6) is 0 Å². The number of aromatic nitrogens is 1. The first-order valence-corrected chi connectivity index (χ1v) is 7.43. The first-order chi connectivity index (χ1) is 9.36. The number of rotatable bonds is 4. The van der Waals surface area contributed by atoms with Crippen LogP contribution in [0.15, 0.2) is 6.20 Å². The lowest BCUT2D eigenvalue weighted by atomic mass is 9.78. The van der Waals surface area contributed by atoms with Crippen LogP contribution < -0.4 is 5.32 Å². The monoisotopic (exact) mass is 306 g/mol. The van der Waals surface area contributed by atoms with Crippen LogP contribution >= 0.6 is 11.3 Å². The Bertz CT molecular complexity index is 478. The van der Waals surface area contributed by atoms with Crippen LogP contribution in [0.1, 0.15) is 53.2 Å². The van der Waals surface area contributed by atoms with Crippen LogP contribution in [-0.2, 0) is 6.18 Å². The molecule has 0 atom stereocenters. The van der Waals surface area contributed by atoms with Crippen molar-refractivity contribution < 1.29 is 18.0 Å². The number of carbonyl (C=O) groups is 1. The maximum atomic E-state index is 12.5. The molecule has 1 aromatic rings. The molecule has 112 valence electrons. The van der Waals surface area contributed by atoms with Gasteiger partial charge in [-0.05, 0) is 19.9 Å². The molecule has 0 spiro atoms. The van der Waals surface area contributed by atoms with Gasteiger partial charge >= 0.3 is 6.18 Å². The lowest BCUT2D eigenvalue weighted by molar-refractivity contribution is -0.137. The fourth-order valence-electron chi connectivity index (χ4n) is 2.67. The number of halogens is 3. The molecule has 1 heterocycles. The number of nitrogens with zero attached hydrogens (tertiary/aromatic N) is 1. The minimum atomic E-state index is -4.48. The molecule has 0 saturated heterocycles. The van der Waals surface area contributed by atoms with E-state index >= 15 is 0 Å². The number of hydrogen-bond donors (Lipinski definition) is 1. The standard InChI is InChI=1S/C13H17F3N2OS/c1-17-12(5-3-2-4-6-12)7-9(19)10-8-18-11(20-10)13(14,15)16/h8,17H,2-7H2,1H3. The van der Waals surface area contributed by atoms with E-state index in [1.54, 1.807) is 0 Å². The minimum absolute atomic E-state index is 0.0949. The third-order valence-corrected chi connectivity index (χ3v) is 4.95. The highest BCUT2D eigenvalue weighted by Gasteiger charge is 2.37. The molecule has 1 aromatic heterocycles. The van der Waals surface area contributed by atoms with Gasteiger partial charge in [-0.3, -0.25) is 4.79 Å². The Morgan fingerprint density at radius 1 is 1.40 bits per heavy atom. The topological polar surface area (TPSA) is 42.0 Å². The van der Waals surface area contributed by atoms with E-state index in [0.717, 1.165) is 38.3 Å². The van der Waals surface area contributed by atoms with Crippen molar-refractivity contribution in [3.05, 3.63) is 16.1 Å². The normalized spacial score (nSPS) is 19.0. The van der Waals surface area contributed by atoms with E-state index in [0.29, 0.717) is 11.3 Å². The van der Waals surface area contributed by atoms with Gasteiger partial charge in [-0.25, -0.2) is 4.98 Å². The summed E-state index contributed by atoms with van der Waals surface area (Å²) < 4.78 is 37.5. The summed E-state index contributed by atoms with van der Waals surface area (Å²) in [5.41, 5.74) is -0.266. The predicted molar refractivity (Wildman–Crippen MR) is 70.9 cm³/mol. The van der Waals surface area contributed by atoms with Crippen molar-refractivity contribution in [2.24, 2.45) is 0 Å². The quantitative estimate of drug-likeness (QED) is 0.863. The Hall–Kier alpha value is -0.950. The highest BCUT2D eigenvalue weighted by Crippen LogP contribution is 2.35. The third-order valence-electron chi connectivity index (χ3n) is 3.86. The van der Waals surface area contributed by atoms with Crippen LogP contribution in [0.3, 0.4) is 0 Å². The number of thiazole rings is 1. The molecule has 1 saturated carbocycles. The molecule has 1 aliphatic rings. The summed E-state index contributed by atoms with van der Waals surface area (Å²) in [6.45, 7) is 0. The van der Waals surface area contributed by atoms with E-state index < -0.39 is 11.2 Å². The average molecular weight is 306 g/mol. The Balaban J connectivity index is 2.09. The predicted octanol–water partition coefficient (Wildman–Crippen LogP) is 3.66. The van der Waals surface area contributed by atoms with Gasteiger partial charge in [-0.1, -0.05) is 19.3 Å². The van der Waals surface area contributed by atoms with Crippen LogP contribution in [0.4, 0.5) is 13.2 Å². The van der Waals surface area contributed by atoms with E-state index in [9.17, 15) is 18.0 Å². The first kappa shape index (κ1) is 15.4. The Labute approximate surface area is 119 Å². The van der Waals surface area contributed by atoms with Crippen molar-refractivity contribution in [3.8, 4) is 0 Å². The average Bonchev–Trinajstić information content (AvgIpc) is 2.89. The van der Waals surface area contributed by atoms with Crippen molar-refractivity contribution in [1.82, 2.24) is 10.3 Å². The molecule has 20 heavy (non-hydrogen) atoms. The van der Waals surface area contributed by atoms with Crippen LogP contribution in [0.2, 0.25) is 0 Å². The second kappa shape index (κ2) is 5.81. The van der Waals surface area contributed by atoms with Crippen molar-refractivity contribution in [1.29, 1.82) is 0 Å². The molecule has 0 bridgehead atoms. The first-order valence-electron chi connectivity index (χ1n) is 6.61. The number of Topliss-reactive ketones (excluding diaryl/α,β-unsaturated/α-hetero) is 1. The molecule has 1 N–H and O–H groups in total. The summed E-state index contributed by atoms with van der Waals surface area (Å²) in [7, 11) is 1.81. The Morgan fingerprint density at radius 2 is 2.05 bits per heavy atom. The van der Waals surface area contributed by atoms with Crippen LogP contribution in [0.25, 0.3) is 0 Å². The van der Waals surface area contributed by atoms with Crippen LogP contribution in [0, 0.1) is 0 Å². The lowest BCUT2D eigenvalue weighted by Gasteiger charge is -2.36. The third kappa shape index (κ3) is 3.38. The summed E-state index contributed by atoms with van der Waals surface area (Å²) in [5, 5.41) is 2.24. The number of carbonyl (C=O) groups excluding carboxylic acids is 1. The zero-order chi connectivity index (χ0) is 14.8. The lowest BCUT2D eigenvalue weighted by Crippen LogP contribution is -2.46. The summed E-state index contributed by atoms with van der Waals surface area (Å²) >= 11 is 0.432. The van der Waals surface area contributed by atoms with Gasteiger partial charge < -0.3 is 5.32 Å². The van der Waals surface area contributed by atoms with Crippen molar-refractivity contribution in [2.45, 2.75) is 50.2 Å². The summed E-state index contributed by atoms with van der Waals surface area (Å²) in [6.07, 6.45) is 1.83. The molecular formula is C13H17F3N2OS. The molecule has 0 amide bonds. The van der Waals surface area contributed by atoms with E-state index in [2.05, 4.69) is 10.3 Å². The molecule has 2 rings (SSSR count). The second-order valence-corrected chi connectivity index (χ2v) is 6.25. The number of hydrogen-bond acceptors (Lipinski definition) is 4. The van der Waals surface area contributed by atoms with E-state index in [4.69, 9.17) is 0 Å². The van der Waals surface area contributed by atoms with E-state index in [1.165, 1.54) is 0 Å². The summed E-state index contributed by atoms with van der Waals surface area (Å²) in [5.74, 6) is -0.255. The zero-order valence-corrected chi connectivity index (χ0v) is 12.0. The second-order valence-electron chi connectivity index (χ2n) is 5.22. The Morgan fingerprint density at radius 3 is 2.55 bits per heavy atom.